The Morgan fingerprint density at radius 2 is 2.16 bits per heavy atom. The molecule has 0 fully saturated rings. The fraction of sp³-hybridized carbons (Fsp3) is 0.333. The molecule has 2 aromatic rings. The van der Waals surface area contributed by atoms with E-state index in [1.165, 1.54) is 0 Å². The van der Waals surface area contributed by atoms with Crippen LogP contribution < -0.4 is 0 Å². The zero-order valence-electron chi connectivity index (χ0n) is 10.0. The molecule has 0 amide bonds. The molecule has 1 N–H and O–H groups in total. The van der Waals surface area contributed by atoms with Gasteiger partial charge < -0.3 is 9.52 Å². The minimum atomic E-state index is -0.787. The number of aryl methyl sites for hydroxylation is 1. The van der Waals surface area contributed by atoms with E-state index in [2.05, 4.69) is 31.1 Å². The molecule has 0 aliphatic carbocycles. The Hall–Kier alpha value is -1.76. The van der Waals surface area contributed by atoms with Crippen molar-refractivity contribution in [3.05, 3.63) is 28.7 Å². The van der Waals surface area contributed by atoms with E-state index in [0.717, 1.165) is 4.47 Å². The molecule has 7 heteroatoms. The van der Waals surface area contributed by atoms with Crippen LogP contribution in [-0.4, -0.2) is 26.3 Å². The number of unbranched alkanes of at least 4 members (excludes halogenated alkanes) is 1. The molecule has 6 nitrogen and oxygen atoms in total. The molecule has 0 atom stereocenters. The van der Waals surface area contributed by atoms with E-state index in [4.69, 9.17) is 9.52 Å². The highest BCUT2D eigenvalue weighted by Gasteiger charge is 2.09. The van der Waals surface area contributed by atoms with Gasteiger partial charge >= 0.3 is 5.97 Å². The number of nitrogens with zero attached hydrogens (tertiary/aromatic N) is 3. The van der Waals surface area contributed by atoms with Crippen molar-refractivity contribution in [3.63, 3.8) is 0 Å². The first-order chi connectivity index (χ1) is 9.15. The number of carboxylic acids is 1. The number of rotatable bonds is 6. The molecule has 0 unspecified atom stereocenters. The summed E-state index contributed by atoms with van der Waals surface area (Å²) in [5.41, 5.74) is 0.618. The standard InChI is InChI=1S/C12H12BrN3O3/c13-8-5-6-9(14-7-8)12-16-15-10(19-12)3-1-2-4-11(17)18/h5-7H,1-4H2,(H,17,18). The fourth-order valence-electron chi connectivity index (χ4n) is 1.51. The number of carboxylic acid groups (broad SMARTS) is 1. The van der Waals surface area contributed by atoms with Crippen LogP contribution in [0.25, 0.3) is 11.6 Å². The SMILES string of the molecule is O=C(O)CCCCc1nnc(-c2ccc(Br)cn2)o1. The number of aliphatic carboxylic acids is 1. The highest BCUT2D eigenvalue weighted by Crippen LogP contribution is 2.18. The molecular weight excluding hydrogens is 314 g/mol. The fourth-order valence-corrected chi connectivity index (χ4v) is 1.75. The summed E-state index contributed by atoms with van der Waals surface area (Å²) in [7, 11) is 0. The first-order valence-electron chi connectivity index (χ1n) is 5.81. The minimum absolute atomic E-state index is 0.162. The predicted molar refractivity (Wildman–Crippen MR) is 70.4 cm³/mol. The predicted octanol–water partition coefficient (Wildman–Crippen LogP) is 2.69. The monoisotopic (exact) mass is 325 g/mol. The van der Waals surface area contributed by atoms with Gasteiger partial charge in [-0.1, -0.05) is 0 Å². The van der Waals surface area contributed by atoms with Crippen LogP contribution in [0.1, 0.15) is 25.2 Å². The van der Waals surface area contributed by atoms with Crippen molar-refractivity contribution >= 4 is 21.9 Å². The normalized spacial score (nSPS) is 10.6. The van der Waals surface area contributed by atoms with Crippen LogP contribution >= 0.6 is 15.9 Å². The van der Waals surface area contributed by atoms with Gasteiger partial charge in [-0.05, 0) is 40.9 Å². The van der Waals surface area contributed by atoms with Gasteiger partial charge in [0.2, 0.25) is 5.89 Å². The van der Waals surface area contributed by atoms with Gasteiger partial charge in [-0.3, -0.25) is 4.79 Å². The van der Waals surface area contributed by atoms with Crippen LogP contribution in [0.5, 0.6) is 0 Å². The lowest BCUT2D eigenvalue weighted by atomic mass is 10.2. The maximum absolute atomic E-state index is 10.4. The molecule has 0 saturated heterocycles. The van der Waals surface area contributed by atoms with E-state index in [-0.39, 0.29) is 6.42 Å². The lowest BCUT2D eigenvalue weighted by molar-refractivity contribution is -0.137. The second kappa shape index (κ2) is 6.42. The van der Waals surface area contributed by atoms with Crippen LogP contribution in [0, 0.1) is 0 Å². The van der Waals surface area contributed by atoms with Gasteiger partial charge in [-0.25, -0.2) is 4.98 Å². The van der Waals surface area contributed by atoms with E-state index < -0.39 is 5.97 Å². The van der Waals surface area contributed by atoms with Gasteiger partial charge in [0.1, 0.15) is 5.69 Å². The third kappa shape index (κ3) is 4.13. The van der Waals surface area contributed by atoms with E-state index in [1.54, 1.807) is 12.3 Å². The third-order valence-corrected chi connectivity index (χ3v) is 2.91. The van der Waals surface area contributed by atoms with Gasteiger partial charge in [-0.2, -0.15) is 0 Å². The van der Waals surface area contributed by atoms with Crippen molar-refractivity contribution in [2.45, 2.75) is 25.7 Å². The maximum Gasteiger partial charge on any atom is 0.303 e. The van der Waals surface area contributed by atoms with E-state index in [0.29, 0.717) is 36.7 Å². The minimum Gasteiger partial charge on any atom is -0.481 e. The summed E-state index contributed by atoms with van der Waals surface area (Å²) < 4.78 is 6.35. The highest BCUT2D eigenvalue weighted by atomic mass is 79.9. The maximum atomic E-state index is 10.4. The van der Waals surface area contributed by atoms with Crippen molar-refractivity contribution < 1.29 is 14.3 Å². The number of aromatic nitrogens is 3. The Balaban J connectivity index is 1.91. The van der Waals surface area contributed by atoms with Crippen LogP contribution in [0.2, 0.25) is 0 Å². The van der Waals surface area contributed by atoms with Crippen molar-refractivity contribution in [1.82, 2.24) is 15.2 Å². The zero-order chi connectivity index (χ0) is 13.7. The first kappa shape index (κ1) is 13.7. The molecular formula is C12H12BrN3O3. The number of pyridine rings is 1. The second-order valence-electron chi connectivity index (χ2n) is 3.96. The number of halogens is 1. The van der Waals surface area contributed by atoms with E-state index in [9.17, 15) is 4.79 Å². The van der Waals surface area contributed by atoms with Crippen LogP contribution in [0.3, 0.4) is 0 Å². The van der Waals surface area contributed by atoms with Gasteiger partial charge in [0.25, 0.3) is 5.89 Å². The van der Waals surface area contributed by atoms with Crippen LogP contribution in [0.15, 0.2) is 27.2 Å². The van der Waals surface area contributed by atoms with E-state index in [1.807, 2.05) is 6.07 Å². The molecule has 0 aliphatic heterocycles. The molecule has 2 heterocycles. The van der Waals surface area contributed by atoms with Gasteiger partial charge in [0.15, 0.2) is 0 Å². The van der Waals surface area contributed by atoms with Crippen molar-refractivity contribution in [1.29, 1.82) is 0 Å². The van der Waals surface area contributed by atoms with Crippen LogP contribution in [0.4, 0.5) is 0 Å². The Labute approximate surface area is 118 Å². The van der Waals surface area contributed by atoms with Crippen molar-refractivity contribution in [3.8, 4) is 11.6 Å². The molecule has 0 radical (unpaired) electrons. The Morgan fingerprint density at radius 3 is 2.84 bits per heavy atom. The topological polar surface area (TPSA) is 89.1 Å². The average Bonchev–Trinajstić information content (AvgIpc) is 2.84. The number of carbonyl (C=O) groups is 1. The molecule has 0 bridgehead atoms. The van der Waals surface area contributed by atoms with Gasteiger partial charge in [0, 0.05) is 23.5 Å². The Bertz CT molecular complexity index is 554. The summed E-state index contributed by atoms with van der Waals surface area (Å²) in [6, 6.07) is 3.63. The Kier molecular flexibility index (Phi) is 4.62. The first-order valence-corrected chi connectivity index (χ1v) is 6.60. The summed E-state index contributed by atoms with van der Waals surface area (Å²) in [4.78, 5) is 14.5. The highest BCUT2D eigenvalue weighted by molar-refractivity contribution is 9.10. The summed E-state index contributed by atoms with van der Waals surface area (Å²) in [5.74, 6) is 0.0936. The van der Waals surface area contributed by atoms with Gasteiger partial charge in [-0.15, -0.1) is 10.2 Å². The smallest absolute Gasteiger partial charge is 0.303 e. The zero-order valence-corrected chi connectivity index (χ0v) is 11.6. The van der Waals surface area contributed by atoms with Crippen LogP contribution in [-0.2, 0) is 11.2 Å². The van der Waals surface area contributed by atoms with Gasteiger partial charge in [0.05, 0.1) is 0 Å². The molecule has 0 aromatic carbocycles. The summed E-state index contributed by atoms with van der Waals surface area (Å²) in [5, 5.41) is 16.4. The lowest BCUT2D eigenvalue weighted by Gasteiger charge is -1.95. The molecule has 0 spiro atoms. The largest absolute Gasteiger partial charge is 0.481 e. The molecule has 19 heavy (non-hydrogen) atoms. The quantitative estimate of drug-likeness (QED) is 0.821. The molecule has 100 valence electrons. The van der Waals surface area contributed by atoms with E-state index >= 15 is 0 Å². The number of hydrogen-bond donors (Lipinski definition) is 1. The molecule has 2 aromatic heterocycles. The summed E-state index contributed by atoms with van der Waals surface area (Å²) >= 11 is 3.30. The summed E-state index contributed by atoms with van der Waals surface area (Å²) in [6.45, 7) is 0. The lowest BCUT2D eigenvalue weighted by Crippen LogP contribution is -1.95. The summed E-state index contributed by atoms with van der Waals surface area (Å²) in [6.07, 6.45) is 3.71. The molecule has 0 saturated carbocycles. The van der Waals surface area contributed by atoms with Crippen molar-refractivity contribution in [2.75, 3.05) is 0 Å². The van der Waals surface area contributed by atoms with Crippen molar-refractivity contribution in [2.24, 2.45) is 0 Å². The number of hydrogen-bond acceptors (Lipinski definition) is 5. The third-order valence-electron chi connectivity index (χ3n) is 2.44. The molecule has 0 aliphatic rings. The second-order valence-corrected chi connectivity index (χ2v) is 4.88. The Morgan fingerprint density at radius 1 is 1.32 bits per heavy atom. The molecule has 2 rings (SSSR count). The average molecular weight is 326 g/mol.